The van der Waals surface area contributed by atoms with Gasteiger partial charge < -0.3 is 24.1 Å². The molecule has 3 unspecified atom stereocenters. The number of aliphatic hydroxyl groups is 1. The third-order valence-corrected chi connectivity index (χ3v) is 9.31. The summed E-state index contributed by atoms with van der Waals surface area (Å²) in [6.45, 7) is 5.30. The maximum Gasteiger partial charge on any atom is 0.333 e. The number of nitrogens with one attached hydrogen (secondary N) is 1. The van der Waals surface area contributed by atoms with Crippen molar-refractivity contribution in [3.8, 4) is 22.5 Å². The van der Waals surface area contributed by atoms with Crippen molar-refractivity contribution < 1.29 is 19.1 Å². The normalized spacial score (nSPS) is 15.9. The fourth-order valence-corrected chi connectivity index (χ4v) is 6.99. The van der Waals surface area contributed by atoms with Crippen LogP contribution in [0.4, 0.5) is 0 Å². The average Bonchev–Trinajstić information content (AvgIpc) is 3.76. The molecule has 0 saturated carbocycles. The Hall–Kier alpha value is -2.42. The van der Waals surface area contributed by atoms with Gasteiger partial charge in [0.1, 0.15) is 11.7 Å². The number of aromatic amines is 1. The van der Waals surface area contributed by atoms with Crippen LogP contribution in [-0.4, -0.2) is 42.9 Å². The van der Waals surface area contributed by atoms with E-state index in [1.807, 2.05) is 43.4 Å². The molecule has 5 rings (SSSR count). The van der Waals surface area contributed by atoms with Crippen LogP contribution in [0.25, 0.3) is 22.5 Å². The molecule has 4 aromatic rings. The van der Waals surface area contributed by atoms with Crippen LogP contribution >= 0.6 is 45.2 Å². The number of ether oxygens (including phenoxy) is 2. The van der Waals surface area contributed by atoms with E-state index in [0.29, 0.717) is 11.6 Å². The van der Waals surface area contributed by atoms with E-state index < -0.39 is 6.23 Å². The molecule has 10 heteroatoms. The number of H-pyrrole nitrogens is 1. The SMILES string of the molecule is CCCCC(c1[nH]c(I)nc1-c1ccccc1)[N+](C)(C1=COCO1)C(O)c1nc(I)n(CCCC)c1-c1ccccc1. The van der Waals surface area contributed by atoms with Gasteiger partial charge in [-0.15, -0.1) is 0 Å². The van der Waals surface area contributed by atoms with Crippen LogP contribution in [-0.2, 0) is 16.0 Å². The lowest BCUT2D eigenvalue weighted by Gasteiger charge is -2.42. The zero-order valence-electron chi connectivity index (χ0n) is 24.3. The van der Waals surface area contributed by atoms with Gasteiger partial charge in [-0.05, 0) is 58.0 Å². The monoisotopic (exact) mass is 794 g/mol. The zero-order valence-corrected chi connectivity index (χ0v) is 28.6. The molecule has 3 atom stereocenters. The molecule has 2 aromatic heterocycles. The Labute approximate surface area is 275 Å². The fraction of sp³-hybridized carbons (Fsp3) is 0.375. The third kappa shape index (κ3) is 6.13. The van der Waals surface area contributed by atoms with Gasteiger partial charge in [0.2, 0.25) is 13.0 Å². The number of hydrogen-bond donors (Lipinski definition) is 2. The van der Waals surface area contributed by atoms with E-state index in [0.717, 1.165) is 74.5 Å². The van der Waals surface area contributed by atoms with Gasteiger partial charge >= 0.3 is 5.88 Å². The van der Waals surface area contributed by atoms with E-state index in [2.05, 4.69) is 92.8 Å². The second-order valence-corrected chi connectivity index (χ2v) is 12.7. The summed E-state index contributed by atoms with van der Waals surface area (Å²) >= 11 is 4.54. The lowest BCUT2D eigenvalue weighted by Crippen LogP contribution is -2.50. The second kappa shape index (κ2) is 13.9. The van der Waals surface area contributed by atoms with Crippen LogP contribution in [0, 0.1) is 7.66 Å². The lowest BCUT2D eigenvalue weighted by atomic mass is 9.96. The Morgan fingerprint density at radius 3 is 2.26 bits per heavy atom. The van der Waals surface area contributed by atoms with Crippen LogP contribution in [0.1, 0.15) is 69.6 Å². The van der Waals surface area contributed by atoms with Gasteiger partial charge in [-0.3, -0.25) is 0 Å². The molecule has 0 amide bonds. The molecule has 0 spiro atoms. The predicted molar refractivity (Wildman–Crippen MR) is 181 cm³/mol. The Bertz CT molecular complexity index is 1510. The molecule has 2 aromatic carbocycles. The number of benzene rings is 2. The van der Waals surface area contributed by atoms with E-state index in [1.165, 1.54) is 0 Å². The molecular formula is C32H38I2N5O3+. The molecule has 0 aliphatic carbocycles. The fourth-order valence-electron chi connectivity index (χ4n) is 5.72. The van der Waals surface area contributed by atoms with E-state index in [9.17, 15) is 5.11 Å². The minimum absolute atomic E-state index is 0.0266. The Morgan fingerprint density at radius 1 is 0.976 bits per heavy atom. The third-order valence-electron chi connectivity index (χ3n) is 7.98. The highest BCUT2D eigenvalue weighted by atomic mass is 127. The summed E-state index contributed by atoms with van der Waals surface area (Å²) < 4.78 is 15.7. The first-order valence-corrected chi connectivity index (χ1v) is 16.7. The number of imidazole rings is 2. The summed E-state index contributed by atoms with van der Waals surface area (Å²) in [6, 6.07) is 20.2. The van der Waals surface area contributed by atoms with Crippen molar-refractivity contribution in [1.82, 2.24) is 19.5 Å². The molecule has 0 fully saturated rings. The first-order chi connectivity index (χ1) is 20.4. The van der Waals surface area contributed by atoms with Gasteiger partial charge in [-0.2, -0.15) is 0 Å². The maximum absolute atomic E-state index is 12.7. The van der Waals surface area contributed by atoms with E-state index in [-0.39, 0.29) is 17.3 Å². The minimum Gasteiger partial charge on any atom is -0.455 e. The van der Waals surface area contributed by atoms with Crippen molar-refractivity contribution >= 4 is 45.2 Å². The molecule has 0 saturated heterocycles. The number of rotatable bonds is 13. The summed E-state index contributed by atoms with van der Waals surface area (Å²) in [5.41, 5.74) is 5.43. The highest BCUT2D eigenvalue weighted by molar-refractivity contribution is 14.1. The average molecular weight is 794 g/mol. The van der Waals surface area contributed by atoms with Crippen molar-refractivity contribution in [2.45, 2.75) is 64.8 Å². The summed E-state index contributed by atoms with van der Waals surface area (Å²) in [4.78, 5) is 13.6. The topological polar surface area (TPSA) is 85.2 Å². The van der Waals surface area contributed by atoms with Crippen LogP contribution in [0.2, 0.25) is 0 Å². The molecule has 42 heavy (non-hydrogen) atoms. The van der Waals surface area contributed by atoms with Gasteiger partial charge in [0.25, 0.3) is 0 Å². The molecule has 2 N–H and O–H groups in total. The van der Waals surface area contributed by atoms with Gasteiger partial charge in [-0.25, -0.2) is 14.5 Å². The second-order valence-electron chi connectivity index (χ2n) is 10.7. The summed E-state index contributed by atoms with van der Waals surface area (Å²) in [6.07, 6.45) is 5.42. The predicted octanol–water partition coefficient (Wildman–Crippen LogP) is 8.12. The quantitative estimate of drug-likeness (QED) is 0.0812. The number of quaternary nitrogens is 1. The van der Waals surface area contributed by atoms with Gasteiger partial charge in [0.15, 0.2) is 19.6 Å². The highest BCUT2D eigenvalue weighted by Gasteiger charge is 2.51. The van der Waals surface area contributed by atoms with Gasteiger partial charge in [-0.1, -0.05) is 87.4 Å². The van der Waals surface area contributed by atoms with Crippen LogP contribution < -0.4 is 0 Å². The van der Waals surface area contributed by atoms with Gasteiger partial charge in [0.05, 0.1) is 18.4 Å². The number of nitrogens with zero attached hydrogens (tertiary/aromatic N) is 4. The molecule has 8 nitrogen and oxygen atoms in total. The number of unbranched alkanes of at least 4 members (excludes halogenated alkanes) is 2. The molecule has 1 aliphatic rings. The summed E-state index contributed by atoms with van der Waals surface area (Å²) in [5, 5.41) is 12.7. The molecule has 0 bridgehead atoms. The Morgan fingerprint density at radius 2 is 1.64 bits per heavy atom. The number of halogens is 2. The maximum atomic E-state index is 12.7. The number of aliphatic hydroxyl groups excluding tert-OH is 1. The molecular weight excluding hydrogens is 756 g/mol. The number of aromatic nitrogens is 4. The van der Waals surface area contributed by atoms with Crippen molar-refractivity contribution in [2.75, 3.05) is 13.8 Å². The highest BCUT2D eigenvalue weighted by Crippen LogP contribution is 2.48. The molecule has 1 aliphatic heterocycles. The van der Waals surface area contributed by atoms with E-state index >= 15 is 0 Å². The van der Waals surface area contributed by atoms with Gasteiger partial charge in [0, 0.05) is 24.1 Å². The van der Waals surface area contributed by atoms with Crippen molar-refractivity contribution in [3.63, 3.8) is 0 Å². The molecule has 222 valence electrons. The Balaban J connectivity index is 1.72. The molecule has 0 radical (unpaired) electrons. The Kier molecular flexibility index (Phi) is 10.3. The van der Waals surface area contributed by atoms with Crippen LogP contribution in [0.3, 0.4) is 0 Å². The van der Waals surface area contributed by atoms with Crippen LogP contribution in [0.5, 0.6) is 0 Å². The van der Waals surface area contributed by atoms with Crippen molar-refractivity contribution in [3.05, 3.63) is 91.9 Å². The first kappa shape index (κ1) is 31.0. The summed E-state index contributed by atoms with van der Waals surface area (Å²) in [5.74, 6) is 0.560. The van der Waals surface area contributed by atoms with E-state index in [1.54, 1.807) is 6.26 Å². The smallest absolute Gasteiger partial charge is 0.333 e. The van der Waals surface area contributed by atoms with E-state index in [4.69, 9.17) is 19.4 Å². The largest absolute Gasteiger partial charge is 0.455 e. The standard InChI is InChI=1S/C32H38I2N5O3/c1-4-6-18-24(27-26(35-31(33)36-27)22-14-10-8-11-15-22)39(3,25-20-41-21-42-25)30(40)28-29(23-16-12-9-13-17-23)38(19-7-5-2)32(34)37-28/h8-17,20,24,30,40H,4-7,18-19,21H2,1-3H3,(H,35,36)/q+1. The zero-order chi connectivity index (χ0) is 29.7. The molecule has 3 heterocycles. The van der Waals surface area contributed by atoms with Crippen LogP contribution in [0.15, 0.2) is 72.8 Å². The van der Waals surface area contributed by atoms with Crippen molar-refractivity contribution in [2.24, 2.45) is 0 Å². The summed E-state index contributed by atoms with van der Waals surface area (Å²) in [7, 11) is 2.03. The number of hydrogen-bond acceptors (Lipinski definition) is 5. The lowest BCUT2D eigenvalue weighted by molar-refractivity contribution is -0.968. The van der Waals surface area contributed by atoms with Crippen molar-refractivity contribution in [1.29, 1.82) is 0 Å². The minimum atomic E-state index is -1.06. The first-order valence-electron chi connectivity index (χ1n) is 14.5.